The molecular formula is C14H18N2S. The van der Waals surface area contributed by atoms with Crippen molar-refractivity contribution in [2.75, 3.05) is 5.32 Å². The van der Waals surface area contributed by atoms with Gasteiger partial charge in [0, 0.05) is 22.4 Å². The van der Waals surface area contributed by atoms with E-state index in [0.717, 1.165) is 17.1 Å². The van der Waals surface area contributed by atoms with Gasteiger partial charge in [0.1, 0.15) is 5.82 Å². The van der Waals surface area contributed by atoms with Crippen molar-refractivity contribution in [3.63, 3.8) is 0 Å². The summed E-state index contributed by atoms with van der Waals surface area (Å²) in [6, 6.07) is 8.16. The Labute approximate surface area is 109 Å². The number of benzene rings is 1. The summed E-state index contributed by atoms with van der Waals surface area (Å²) in [5.74, 6) is 0.774. The van der Waals surface area contributed by atoms with E-state index in [1.807, 2.05) is 26.0 Å². The second-order valence-corrected chi connectivity index (χ2v) is 4.34. The molecular weight excluding hydrogens is 228 g/mol. The first-order valence-electron chi connectivity index (χ1n) is 5.46. The Kier molecular flexibility index (Phi) is 5.04. The van der Waals surface area contributed by atoms with Crippen molar-refractivity contribution in [2.24, 2.45) is 4.99 Å². The van der Waals surface area contributed by atoms with E-state index in [1.165, 1.54) is 5.56 Å². The lowest BCUT2D eigenvalue weighted by Crippen LogP contribution is -2.00. The molecule has 0 aliphatic heterocycles. The summed E-state index contributed by atoms with van der Waals surface area (Å²) in [5.41, 5.74) is 3.17. The van der Waals surface area contributed by atoms with Gasteiger partial charge in [-0.15, -0.1) is 12.6 Å². The number of hydrogen-bond donors (Lipinski definition) is 2. The smallest absolute Gasteiger partial charge is 0.133 e. The fraction of sp³-hybridized carbons (Fsp3) is 0.214. The van der Waals surface area contributed by atoms with E-state index in [4.69, 9.17) is 0 Å². The van der Waals surface area contributed by atoms with Crippen LogP contribution in [0.25, 0.3) is 0 Å². The van der Waals surface area contributed by atoms with E-state index < -0.39 is 0 Å². The number of thiol groups is 1. The SMILES string of the molecule is C=C(S)/C(C)=C(\N=C/C)Nc1ccc(C)cc1. The van der Waals surface area contributed by atoms with Crippen LogP contribution >= 0.6 is 12.6 Å². The van der Waals surface area contributed by atoms with Crippen molar-refractivity contribution in [3.05, 3.63) is 52.7 Å². The van der Waals surface area contributed by atoms with Crippen LogP contribution in [0, 0.1) is 6.92 Å². The molecule has 17 heavy (non-hydrogen) atoms. The van der Waals surface area contributed by atoms with Crippen LogP contribution in [0.1, 0.15) is 19.4 Å². The van der Waals surface area contributed by atoms with Gasteiger partial charge in [-0.25, -0.2) is 4.99 Å². The summed E-state index contributed by atoms with van der Waals surface area (Å²) in [6.45, 7) is 9.69. The van der Waals surface area contributed by atoms with Crippen molar-refractivity contribution in [3.8, 4) is 0 Å². The predicted octanol–water partition coefficient (Wildman–Crippen LogP) is 4.17. The molecule has 0 spiro atoms. The Morgan fingerprint density at radius 2 is 1.94 bits per heavy atom. The highest BCUT2D eigenvalue weighted by Gasteiger charge is 2.02. The quantitative estimate of drug-likeness (QED) is 0.465. The minimum Gasteiger partial charge on any atom is -0.340 e. The first kappa shape index (κ1) is 13.6. The molecule has 0 amide bonds. The van der Waals surface area contributed by atoms with Crippen LogP contribution in [-0.2, 0) is 0 Å². The second kappa shape index (κ2) is 6.30. The number of aryl methyl sites for hydroxylation is 1. The van der Waals surface area contributed by atoms with Crippen LogP contribution in [0.4, 0.5) is 5.69 Å². The van der Waals surface area contributed by atoms with Gasteiger partial charge in [0.15, 0.2) is 0 Å². The third-order valence-corrected chi connectivity index (χ3v) is 2.70. The number of hydrogen-bond acceptors (Lipinski definition) is 3. The summed E-state index contributed by atoms with van der Waals surface area (Å²) in [6.07, 6.45) is 1.75. The lowest BCUT2D eigenvalue weighted by molar-refractivity contribution is 1.23. The maximum Gasteiger partial charge on any atom is 0.133 e. The average molecular weight is 246 g/mol. The molecule has 0 saturated heterocycles. The largest absolute Gasteiger partial charge is 0.340 e. The highest BCUT2D eigenvalue weighted by atomic mass is 32.1. The van der Waals surface area contributed by atoms with E-state index >= 15 is 0 Å². The van der Waals surface area contributed by atoms with Gasteiger partial charge in [-0.05, 0) is 32.9 Å². The van der Waals surface area contributed by atoms with Gasteiger partial charge in [0.05, 0.1) is 0 Å². The van der Waals surface area contributed by atoms with Crippen LogP contribution in [0.5, 0.6) is 0 Å². The van der Waals surface area contributed by atoms with Crippen LogP contribution in [-0.4, -0.2) is 6.21 Å². The Bertz CT molecular complexity index is 456. The topological polar surface area (TPSA) is 24.4 Å². The number of rotatable bonds is 4. The summed E-state index contributed by atoms with van der Waals surface area (Å²) < 4.78 is 0. The molecule has 0 aliphatic rings. The van der Waals surface area contributed by atoms with Gasteiger partial charge < -0.3 is 5.32 Å². The maximum absolute atomic E-state index is 4.30. The van der Waals surface area contributed by atoms with Gasteiger partial charge >= 0.3 is 0 Å². The van der Waals surface area contributed by atoms with E-state index in [2.05, 4.69) is 48.6 Å². The van der Waals surface area contributed by atoms with Crippen LogP contribution in [0.15, 0.2) is 52.1 Å². The van der Waals surface area contributed by atoms with Gasteiger partial charge in [0.25, 0.3) is 0 Å². The normalized spacial score (nSPS) is 12.5. The van der Waals surface area contributed by atoms with Crippen molar-refractivity contribution in [1.82, 2.24) is 0 Å². The van der Waals surface area contributed by atoms with Crippen LogP contribution in [0.2, 0.25) is 0 Å². The minimum absolute atomic E-state index is 0.713. The third-order valence-electron chi connectivity index (χ3n) is 2.36. The van der Waals surface area contributed by atoms with Crippen LogP contribution < -0.4 is 5.32 Å². The van der Waals surface area contributed by atoms with E-state index in [9.17, 15) is 0 Å². The molecule has 0 bridgehead atoms. The van der Waals surface area contributed by atoms with E-state index in [0.29, 0.717) is 4.91 Å². The monoisotopic (exact) mass is 246 g/mol. The van der Waals surface area contributed by atoms with Gasteiger partial charge in [-0.3, -0.25) is 0 Å². The highest BCUT2D eigenvalue weighted by molar-refractivity contribution is 7.84. The maximum atomic E-state index is 4.30. The molecule has 1 aromatic carbocycles. The Morgan fingerprint density at radius 3 is 2.41 bits per heavy atom. The zero-order chi connectivity index (χ0) is 12.8. The molecule has 0 unspecified atom stereocenters. The highest BCUT2D eigenvalue weighted by Crippen LogP contribution is 2.19. The molecule has 0 fully saturated rings. The molecule has 0 aromatic heterocycles. The number of allylic oxidation sites excluding steroid dienone is 1. The molecule has 0 atom stereocenters. The summed E-state index contributed by atoms with van der Waals surface area (Å²) >= 11 is 4.24. The van der Waals surface area contributed by atoms with Gasteiger partial charge in [-0.1, -0.05) is 24.3 Å². The van der Waals surface area contributed by atoms with Gasteiger partial charge in [0.2, 0.25) is 0 Å². The van der Waals surface area contributed by atoms with E-state index in [-0.39, 0.29) is 0 Å². The van der Waals surface area contributed by atoms with Crippen LogP contribution in [0.3, 0.4) is 0 Å². The van der Waals surface area contributed by atoms with Gasteiger partial charge in [-0.2, -0.15) is 0 Å². The first-order chi connectivity index (χ1) is 8.04. The number of aliphatic imine (C=N–C) groups is 1. The molecule has 0 heterocycles. The molecule has 90 valence electrons. The fourth-order valence-electron chi connectivity index (χ4n) is 1.26. The number of nitrogens with one attached hydrogen (secondary N) is 1. The second-order valence-electron chi connectivity index (χ2n) is 3.80. The van der Waals surface area contributed by atoms with E-state index in [1.54, 1.807) is 6.21 Å². The molecule has 1 N–H and O–H groups in total. The Balaban J connectivity index is 2.99. The standard InChI is InChI=1S/C14H18N2S/c1-5-15-14(11(3)12(4)17)16-13-8-6-10(2)7-9-13/h5-9,16-17H,4H2,1-3H3/b14-11+,15-5-. The minimum atomic E-state index is 0.713. The first-order valence-corrected chi connectivity index (χ1v) is 5.90. The third kappa shape index (κ3) is 4.11. The zero-order valence-electron chi connectivity index (χ0n) is 10.5. The van der Waals surface area contributed by atoms with Crippen molar-refractivity contribution < 1.29 is 0 Å². The number of nitrogens with zero attached hydrogens (tertiary/aromatic N) is 1. The molecule has 1 aromatic rings. The molecule has 0 aliphatic carbocycles. The Morgan fingerprint density at radius 1 is 1.35 bits per heavy atom. The zero-order valence-corrected chi connectivity index (χ0v) is 11.4. The molecule has 0 saturated carbocycles. The van der Waals surface area contributed by atoms with Crippen molar-refractivity contribution >= 4 is 24.5 Å². The molecule has 3 heteroatoms. The van der Waals surface area contributed by atoms with Crippen molar-refractivity contribution in [1.29, 1.82) is 0 Å². The predicted molar refractivity (Wildman–Crippen MR) is 79.8 cm³/mol. The Hall–Kier alpha value is -1.48. The summed E-state index contributed by atoms with van der Waals surface area (Å²) in [4.78, 5) is 5.01. The lowest BCUT2D eigenvalue weighted by atomic mass is 10.2. The van der Waals surface area contributed by atoms with Crippen molar-refractivity contribution in [2.45, 2.75) is 20.8 Å². The summed E-state index contributed by atoms with van der Waals surface area (Å²) in [5, 5.41) is 3.26. The molecule has 1 rings (SSSR count). The molecule has 2 nitrogen and oxygen atoms in total. The summed E-state index contributed by atoms with van der Waals surface area (Å²) in [7, 11) is 0. The fourth-order valence-corrected chi connectivity index (χ4v) is 1.37. The molecule has 0 radical (unpaired) electrons. The number of anilines is 1. The average Bonchev–Trinajstić information content (AvgIpc) is 2.30. The lowest BCUT2D eigenvalue weighted by Gasteiger charge is -2.10.